The lowest BCUT2D eigenvalue weighted by Crippen LogP contribution is -2.37. The minimum absolute atomic E-state index is 0.00372. The highest BCUT2D eigenvalue weighted by Crippen LogP contribution is 2.32. The molecule has 0 saturated heterocycles. The minimum atomic E-state index is -2.03. The molecule has 2 unspecified atom stereocenters. The Hall–Kier alpha value is -1.24. The lowest BCUT2D eigenvalue weighted by molar-refractivity contribution is -0.870. The molecule has 0 fully saturated rings. The first-order valence-electron chi connectivity index (χ1n) is 13.7. The van der Waals surface area contributed by atoms with Gasteiger partial charge in [-0.3, -0.25) is 4.79 Å². The molecule has 7 nitrogen and oxygen atoms in total. The first-order valence-corrected chi connectivity index (χ1v) is 14.8. The predicted molar refractivity (Wildman–Crippen MR) is 147 cm³/mol. The summed E-state index contributed by atoms with van der Waals surface area (Å²) in [6.07, 6.45) is 15.1. The summed E-state index contributed by atoms with van der Waals surface area (Å²) < 4.78 is 22.3. The van der Waals surface area contributed by atoms with E-state index in [9.17, 15) is 9.69 Å². The maximum atomic E-state index is 10.9. The highest BCUT2D eigenvalue weighted by molar-refractivity contribution is 7.40. The Balaban J connectivity index is 2.23. The molecular weight excluding hydrogens is 477 g/mol. The quantitative estimate of drug-likeness (QED) is 0.0722. The molecule has 0 aliphatic heterocycles. The lowest BCUT2D eigenvalue weighted by Gasteiger charge is -2.24. The van der Waals surface area contributed by atoms with Crippen LogP contribution in [0.15, 0.2) is 24.3 Å². The lowest BCUT2D eigenvalue weighted by atomic mass is 10.0. The molecule has 0 heterocycles. The molecule has 1 rings (SSSR count). The van der Waals surface area contributed by atoms with E-state index in [1.807, 2.05) is 39.3 Å². The van der Waals surface area contributed by atoms with Crippen LogP contribution in [-0.2, 0) is 25.0 Å². The van der Waals surface area contributed by atoms with Crippen molar-refractivity contribution in [3.05, 3.63) is 29.8 Å². The molecule has 8 heteroatoms. The third kappa shape index (κ3) is 18.9. The van der Waals surface area contributed by atoms with E-state index in [1.165, 1.54) is 76.2 Å². The summed E-state index contributed by atoms with van der Waals surface area (Å²) in [6, 6.07) is 8.06. The smallest absolute Gasteiger partial charge is 0.330 e. The first-order chi connectivity index (χ1) is 17.3. The number of carbonyl (C=O) groups is 1. The largest absolute Gasteiger partial charge is 0.490 e. The van der Waals surface area contributed by atoms with Crippen molar-refractivity contribution < 1.29 is 32.7 Å². The fourth-order valence-electron chi connectivity index (χ4n) is 3.76. The van der Waals surface area contributed by atoms with Crippen LogP contribution in [0.1, 0.15) is 83.1 Å². The predicted octanol–water partition coefficient (Wildman–Crippen LogP) is 6.42. The zero-order chi connectivity index (χ0) is 26.5. The van der Waals surface area contributed by atoms with Gasteiger partial charge in [-0.25, -0.2) is 0 Å². The Morgan fingerprint density at radius 1 is 0.917 bits per heavy atom. The summed E-state index contributed by atoms with van der Waals surface area (Å²) in [5.74, 6) is 0.737. The van der Waals surface area contributed by atoms with Crippen LogP contribution in [0.25, 0.3) is 0 Å². The van der Waals surface area contributed by atoms with Crippen LogP contribution in [0, 0.1) is 0 Å². The second-order valence-electron chi connectivity index (χ2n) is 10.5. The molecule has 208 valence electrons. The SMILES string of the molecule is CCCCCCCCCCCCCc1cccc(OCC(COP(O)OCC[N+](C)(C)C)OC=O)c1. The van der Waals surface area contributed by atoms with Crippen LogP contribution in [0.2, 0.25) is 0 Å². The van der Waals surface area contributed by atoms with Crippen LogP contribution in [0.3, 0.4) is 0 Å². The van der Waals surface area contributed by atoms with Crippen molar-refractivity contribution in [3.8, 4) is 5.75 Å². The van der Waals surface area contributed by atoms with Gasteiger partial charge in [-0.15, -0.1) is 0 Å². The van der Waals surface area contributed by atoms with E-state index in [4.69, 9.17) is 18.5 Å². The molecule has 1 aromatic rings. The number of likely N-dealkylation sites (N-methyl/N-ethyl adjacent to an activating group) is 1. The zero-order valence-electron chi connectivity index (χ0n) is 23.2. The molecule has 36 heavy (non-hydrogen) atoms. The number of hydrogen-bond acceptors (Lipinski definition) is 6. The van der Waals surface area contributed by atoms with E-state index >= 15 is 0 Å². The molecule has 0 saturated carbocycles. The number of ether oxygens (including phenoxy) is 2. The number of unbranched alkanes of at least 4 members (excludes halogenated alkanes) is 10. The van der Waals surface area contributed by atoms with E-state index in [1.54, 1.807) is 0 Å². The summed E-state index contributed by atoms with van der Waals surface area (Å²) in [6.45, 7) is 3.91. The first kappa shape index (κ1) is 32.8. The Morgan fingerprint density at radius 3 is 2.17 bits per heavy atom. The number of carbonyl (C=O) groups excluding carboxylic acids is 1. The summed E-state index contributed by atoms with van der Waals surface area (Å²) in [5.41, 5.74) is 1.25. The Kier molecular flexibility index (Phi) is 18.9. The van der Waals surface area contributed by atoms with Gasteiger partial charge in [-0.2, -0.15) is 0 Å². The molecule has 0 aromatic heterocycles. The number of aryl methyl sites for hydroxylation is 1. The highest BCUT2D eigenvalue weighted by atomic mass is 31.2. The van der Waals surface area contributed by atoms with Crippen molar-refractivity contribution in [2.75, 3.05) is 47.5 Å². The highest BCUT2D eigenvalue weighted by Gasteiger charge is 2.17. The van der Waals surface area contributed by atoms with E-state index in [0.717, 1.165) is 23.2 Å². The number of rotatable bonds is 24. The number of nitrogens with zero attached hydrogens (tertiary/aromatic N) is 1. The van der Waals surface area contributed by atoms with Gasteiger partial charge in [-0.1, -0.05) is 83.3 Å². The Morgan fingerprint density at radius 2 is 1.56 bits per heavy atom. The van der Waals surface area contributed by atoms with E-state index in [0.29, 0.717) is 13.1 Å². The summed E-state index contributed by atoms with van der Waals surface area (Å²) in [5, 5.41) is 0. The minimum Gasteiger partial charge on any atom is -0.490 e. The van der Waals surface area contributed by atoms with Crippen LogP contribution in [-0.4, -0.2) is 69.5 Å². The number of benzene rings is 1. The normalized spacial score (nSPS) is 13.4. The van der Waals surface area contributed by atoms with E-state index in [2.05, 4.69) is 13.0 Å². The average Bonchev–Trinajstić information content (AvgIpc) is 2.83. The molecule has 2 atom stereocenters. The molecule has 0 aliphatic rings. The van der Waals surface area contributed by atoms with Crippen LogP contribution < -0.4 is 4.74 Å². The third-order valence-corrected chi connectivity index (χ3v) is 6.76. The topological polar surface area (TPSA) is 74.2 Å². The monoisotopic (exact) mass is 528 g/mol. The van der Waals surface area contributed by atoms with Crippen molar-refractivity contribution in [2.45, 2.75) is 90.1 Å². The Labute approximate surface area is 221 Å². The van der Waals surface area contributed by atoms with Crippen molar-refractivity contribution in [1.82, 2.24) is 0 Å². The van der Waals surface area contributed by atoms with Gasteiger partial charge in [0.2, 0.25) is 0 Å². The molecule has 0 aliphatic carbocycles. The van der Waals surface area contributed by atoms with E-state index < -0.39 is 14.7 Å². The second kappa shape index (κ2) is 20.8. The summed E-state index contributed by atoms with van der Waals surface area (Å²) in [7, 11) is 4.11. The van der Waals surface area contributed by atoms with Gasteiger partial charge >= 0.3 is 8.60 Å². The third-order valence-electron chi connectivity index (χ3n) is 5.99. The van der Waals surface area contributed by atoms with Gasteiger partial charge < -0.3 is 27.9 Å². The van der Waals surface area contributed by atoms with Crippen LogP contribution in [0.5, 0.6) is 5.75 Å². The van der Waals surface area contributed by atoms with Gasteiger partial charge in [0.05, 0.1) is 27.7 Å². The van der Waals surface area contributed by atoms with Crippen molar-refractivity contribution in [2.24, 2.45) is 0 Å². The molecule has 0 spiro atoms. The van der Waals surface area contributed by atoms with E-state index in [-0.39, 0.29) is 13.2 Å². The molecule has 0 radical (unpaired) electrons. The molecule has 0 amide bonds. The van der Waals surface area contributed by atoms with Gasteiger partial charge in [-0.05, 0) is 30.5 Å². The fraction of sp³-hybridized carbons (Fsp3) is 0.750. The standard InChI is InChI=1S/C28H51NO6P/c1-5-6-7-8-9-10-11-12-13-14-15-17-26-18-16-19-27(22-26)32-23-28(33-25-30)24-35-36(31)34-21-20-29(2,3)4/h16,18-19,22,25,28,31H,5-15,17,20-21,23-24H2,1-4H3/q+1. The number of hydrogen-bond donors (Lipinski definition) is 1. The van der Waals surface area contributed by atoms with Gasteiger partial charge in [0.15, 0.2) is 6.10 Å². The van der Waals surface area contributed by atoms with Gasteiger partial charge in [0, 0.05) is 0 Å². The van der Waals surface area contributed by atoms with Crippen molar-refractivity contribution in [3.63, 3.8) is 0 Å². The Bertz CT molecular complexity index is 670. The van der Waals surface area contributed by atoms with Crippen molar-refractivity contribution >= 4 is 15.1 Å². The zero-order valence-corrected chi connectivity index (χ0v) is 24.1. The molecule has 0 bridgehead atoms. The summed E-state index contributed by atoms with van der Waals surface area (Å²) in [4.78, 5) is 20.8. The average molecular weight is 529 g/mol. The number of quaternary nitrogens is 1. The fourth-order valence-corrected chi connectivity index (χ4v) is 4.36. The summed E-state index contributed by atoms with van der Waals surface area (Å²) >= 11 is 0. The van der Waals surface area contributed by atoms with Crippen LogP contribution in [0.4, 0.5) is 0 Å². The van der Waals surface area contributed by atoms with Gasteiger partial charge in [0.1, 0.15) is 25.5 Å². The maximum absolute atomic E-state index is 10.9. The van der Waals surface area contributed by atoms with Gasteiger partial charge in [0.25, 0.3) is 6.47 Å². The second-order valence-corrected chi connectivity index (χ2v) is 11.5. The molecule has 1 N–H and O–H groups in total. The maximum Gasteiger partial charge on any atom is 0.330 e. The molecule has 1 aromatic carbocycles. The van der Waals surface area contributed by atoms with Crippen LogP contribution >= 0.6 is 8.60 Å². The van der Waals surface area contributed by atoms with Crippen molar-refractivity contribution in [1.29, 1.82) is 0 Å². The molecular formula is C28H51NO6P+.